The zero-order chi connectivity index (χ0) is 19.2. The highest BCUT2D eigenvalue weighted by Gasteiger charge is 2.20. The van der Waals surface area contributed by atoms with Gasteiger partial charge in [0.2, 0.25) is 0 Å². The van der Waals surface area contributed by atoms with Crippen LogP contribution in [-0.2, 0) is 9.47 Å². The Bertz CT molecular complexity index is 742. The minimum Gasteiger partial charge on any atom is -0.383 e. The minimum atomic E-state index is 0.0120. The lowest BCUT2D eigenvalue weighted by Crippen LogP contribution is -2.36. The van der Waals surface area contributed by atoms with Crippen LogP contribution < -0.4 is 4.90 Å². The lowest BCUT2D eigenvalue weighted by molar-refractivity contribution is 0.0627. The van der Waals surface area contributed by atoms with Gasteiger partial charge in [-0.05, 0) is 43.0 Å². The van der Waals surface area contributed by atoms with Crippen LogP contribution in [0.25, 0.3) is 5.52 Å². The Balaban J connectivity index is 1.83. The topological polar surface area (TPSA) is 46.4 Å². The molecule has 1 aliphatic rings. The van der Waals surface area contributed by atoms with Gasteiger partial charge in [-0.15, -0.1) is 0 Å². The molecule has 0 atom stereocenters. The highest BCUT2D eigenvalue weighted by Crippen LogP contribution is 2.26. The zero-order valence-electron chi connectivity index (χ0n) is 16.7. The number of methoxy groups -OCH3 is 2. The number of hydrogen-bond acceptors (Lipinski definition) is 4. The fourth-order valence-corrected chi connectivity index (χ4v) is 3.61. The van der Waals surface area contributed by atoms with Crippen LogP contribution in [0.3, 0.4) is 0 Å². The normalized spacial score (nSPS) is 15.4. The third kappa shape index (κ3) is 4.62. The van der Waals surface area contributed by atoms with Crippen molar-refractivity contribution in [2.45, 2.75) is 19.8 Å². The van der Waals surface area contributed by atoms with Crippen LogP contribution in [0.1, 0.15) is 30.1 Å². The van der Waals surface area contributed by atoms with Crippen molar-refractivity contribution in [1.29, 1.82) is 0 Å². The summed E-state index contributed by atoms with van der Waals surface area (Å²) in [5, 5.41) is 0. The summed E-state index contributed by atoms with van der Waals surface area (Å²) in [4.78, 5) is 17.3. The third-order valence-corrected chi connectivity index (χ3v) is 5.40. The van der Waals surface area contributed by atoms with Crippen molar-refractivity contribution in [3.05, 3.63) is 36.0 Å². The first-order valence-corrected chi connectivity index (χ1v) is 9.77. The van der Waals surface area contributed by atoms with E-state index in [-0.39, 0.29) is 5.91 Å². The second-order valence-corrected chi connectivity index (χ2v) is 7.35. The summed E-state index contributed by atoms with van der Waals surface area (Å²) in [6.45, 7) is 6.59. The van der Waals surface area contributed by atoms with E-state index in [2.05, 4.69) is 28.4 Å². The molecule has 0 radical (unpaired) electrons. The number of amides is 1. The number of fused-ring (bicyclic) bond motifs is 1. The van der Waals surface area contributed by atoms with Crippen molar-refractivity contribution in [2.75, 3.05) is 58.5 Å². The molecule has 1 amide bonds. The van der Waals surface area contributed by atoms with Crippen LogP contribution in [0.4, 0.5) is 5.82 Å². The summed E-state index contributed by atoms with van der Waals surface area (Å²) < 4.78 is 12.5. The molecule has 1 aliphatic heterocycles. The molecule has 0 aliphatic carbocycles. The molecule has 0 bridgehead atoms. The molecule has 2 aromatic heterocycles. The maximum absolute atomic E-state index is 13.0. The van der Waals surface area contributed by atoms with E-state index in [1.807, 2.05) is 18.3 Å². The maximum atomic E-state index is 13.0. The second kappa shape index (κ2) is 9.24. The molecule has 6 heteroatoms. The van der Waals surface area contributed by atoms with Gasteiger partial charge in [-0.3, -0.25) is 4.79 Å². The van der Waals surface area contributed by atoms with Crippen LogP contribution in [-0.4, -0.2) is 68.8 Å². The van der Waals surface area contributed by atoms with E-state index in [0.29, 0.717) is 31.9 Å². The molecule has 148 valence electrons. The molecule has 27 heavy (non-hydrogen) atoms. The van der Waals surface area contributed by atoms with E-state index < -0.39 is 0 Å². The minimum absolute atomic E-state index is 0.0120. The third-order valence-electron chi connectivity index (χ3n) is 5.40. The Morgan fingerprint density at radius 2 is 1.70 bits per heavy atom. The van der Waals surface area contributed by atoms with Gasteiger partial charge in [0.15, 0.2) is 0 Å². The predicted molar refractivity (Wildman–Crippen MR) is 108 cm³/mol. The van der Waals surface area contributed by atoms with Gasteiger partial charge in [0.05, 0.1) is 18.8 Å². The predicted octanol–water partition coefficient (Wildman–Crippen LogP) is 2.91. The molecule has 6 nitrogen and oxygen atoms in total. The zero-order valence-corrected chi connectivity index (χ0v) is 16.7. The largest absolute Gasteiger partial charge is 0.383 e. The standard InChI is InChI=1S/C21H31N3O3/c1-17-8-10-22(11-9-17)20-7-6-19-5-4-18(16-24(19)20)21(25)23(12-14-26-2)13-15-27-3/h4-7,16-17H,8-15H2,1-3H3. The molecule has 3 rings (SSSR count). The second-order valence-electron chi connectivity index (χ2n) is 7.35. The molecular formula is C21H31N3O3. The highest BCUT2D eigenvalue weighted by molar-refractivity contribution is 5.94. The Labute approximate surface area is 161 Å². The number of pyridine rings is 1. The Morgan fingerprint density at radius 1 is 1.07 bits per heavy atom. The quantitative estimate of drug-likeness (QED) is 0.714. The molecule has 0 aromatic carbocycles. The van der Waals surface area contributed by atoms with E-state index in [4.69, 9.17) is 9.47 Å². The molecule has 2 aromatic rings. The molecule has 0 saturated carbocycles. The molecule has 1 saturated heterocycles. The number of rotatable bonds is 8. The van der Waals surface area contributed by atoms with Gasteiger partial charge < -0.3 is 23.7 Å². The van der Waals surface area contributed by atoms with Gasteiger partial charge in [0.1, 0.15) is 5.82 Å². The Kier molecular flexibility index (Phi) is 6.74. The van der Waals surface area contributed by atoms with E-state index in [0.717, 1.165) is 24.5 Å². The lowest BCUT2D eigenvalue weighted by Gasteiger charge is -2.31. The van der Waals surface area contributed by atoms with Gasteiger partial charge >= 0.3 is 0 Å². The number of carbonyl (C=O) groups excluding carboxylic acids is 1. The molecule has 1 fully saturated rings. The van der Waals surface area contributed by atoms with Crippen molar-refractivity contribution in [1.82, 2.24) is 9.30 Å². The number of hydrogen-bond donors (Lipinski definition) is 0. The van der Waals surface area contributed by atoms with Crippen LogP contribution in [0, 0.1) is 5.92 Å². The van der Waals surface area contributed by atoms with Crippen LogP contribution in [0.2, 0.25) is 0 Å². The average molecular weight is 373 g/mol. The molecule has 0 N–H and O–H groups in total. The van der Waals surface area contributed by atoms with E-state index in [9.17, 15) is 4.79 Å². The number of ether oxygens (including phenoxy) is 2. The van der Waals surface area contributed by atoms with Gasteiger partial charge in [-0.1, -0.05) is 6.92 Å². The fourth-order valence-electron chi connectivity index (χ4n) is 3.61. The Hall–Kier alpha value is -2.05. The van der Waals surface area contributed by atoms with Crippen molar-refractivity contribution >= 4 is 17.2 Å². The summed E-state index contributed by atoms with van der Waals surface area (Å²) in [7, 11) is 3.30. The number of anilines is 1. The summed E-state index contributed by atoms with van der Waals surface area (Å²) in [5.74, 6) is 1.98. The smallest absolute Gasteiger partial charge is 0.255 e. The number of aromatic nitrogens is 1. The van der Waals surface area contributed by atoms with Crippen molar-refractivity contribution in [3.63, 3.8) is 0 Å². The summed E-state index contributed by atoms with van der Waals surface area (Å²) >= 11 is 0. The lowest BCUT2D eigenvalue weighted by atomic mass is 9.99. The van der Waals surface area contributed by atoms with E-state index >= 15 is 0 Å². The first kappa shape index (κ1) is 19.7. The molecule has 3 heterocycles. The Morgan fingerprint density at radius 3 is 2.33 bits per heavy atom. The van der Waals surface area contributed by atoms with Crippen molar-refractivity contribution in [2.24, 2.45) is 5.92 Å². The summed E-state index contributed by atoms with van der Waals surface area (Å²) in [6, 6.07) is 8.21. The molecular weight excluding hydrogens is 342 g/mol. The van der Waals surface area contributed by atoms with Crippen LogP contribution in [0.5, 0.6) is 0 Å². The maximum Gasteiger partial charge on any atom is 0.255 e. The fraction of sp³-hybridized carbons (Fsp3) is 0.571. The summed E-state index contributed by atoms with van der Waals surface area (Å²) in [5.41, 5.74) is 1.80. The average Bonchev–Trinajstić information content (AvgIpc) is 3.11. The molecule has 0 spiro atoms. The van der Waals surface area contributed by atoms with Crippen molar-refractivity contribution < 1.29 is 14.3 Å². The summed E-state index contributed by atoms with van der Waals surface area (Å²) in [6.07, 6.45) is 4.40. The van der Waals surface area contributed by atoms with Crippen LogP contribution >= 0.6 is 0 Å². The van der Waals surface area contributed by atoms with Gasteiger partial charge in [-0.2, -0.15) is 0 Å². The van der Waals surface area contributed by atoms with Gasteiger partial charge in [-0.25, -0.2) is 0 Å². The van der Waals surface area contributed by atoms with E-state index in [1.165, 1.54) is 18.7 Å². The van der Waals surface area contributed by atoms with E-state index in [1.54, 1.807) is 19.1 Å². The van der Waals surface area contributed by atoms with Gasteiger partial charge in [0.25, 0.3) is 5.91 Å². The van der Waals surface area contributed by atoms with Crippen molar-refractivity contribution in [3.8, 4) is 0 Å². The van der Waals surface area contributed by atoms with Crippen LogP contribution in [0.15, 0.2) is 30.5 Å². The first-order valence-electron chi connectivity index (χ1n) is 9.77. The van der Waals surface area contributed by atoms with Gasteiger partial charge in [0, 0.05) is 52.1 Å². The number of piperidine rings is 1. The first-order chi connectivity index (χ1) is 13.1. The monoisotopic (exact) mass is 373 g/mol. The highest BCUT2D eigenvalue weighted by atomic mass is 16.5. The number of carbonyl (C=O) groups is 1. The molecule has 0 unspecified atom stereocenters. The SMILES string of the molecule is COCCN(CCOC)C(=O)c1ccc2ccc(N3CCC(C)CC3)n2c1. The number of nitrogens with zero attached hydrogens (tertiary/aromatic N) is 3.